The second-order valence-corrected chi connectivity index (χ2v) is 7.04. The fourth-order valence-electron chi connectivity index (χ4n) is 3.92. The lowest BCUT2D eigenvalue weighted by molar-refractivity contribution is -0.126. The summed E-state index contributed by atoms with van der Waals surface area (Å²) in [5.41, 5.74) is 2.00. The van der Waals surface area contributed by atoms with Gasteiger partial charge in [0.15, 0.2) is 23.0 Å². The molecule has 0 N–H and O–H groups in total. The van der Waals surface area contributed by atoms with Crippen molar-refractivity contribution in [3.63, 3.8) is 0 Å². The summed E-state index contributed by atoms with van der Waals surface area (Å²) in [6, 6.07) is 11.7. The van der Waals surface area contributed by atoms with Crippen LogP contribution in [0.1, 0.15) is 30.0 Å². The van der Waals surface area contributed by atoms with E-state index in [1.54, 1.807) is 6.08 Å². The highest BCUT2D eigenvalue weighted by Crippen LogP contribution is 2.38. The lowest BCUT2D eigenvalue weighted by atomic mass is 10.0. The standard InChI is InChI=1S/C22H21NO5/c24-22(8-4-15-3-6-19-20(12-15)28-14-27-19)23-9-1-2-17(23)16-5-7-18-21(13-16)26-11-10-25-18/h3-8,12-13,17H,1-2,9-11,14H2/b8-4+/t17-/m0/s1. The fraction of sp³-hybridized carbons (Fsp3) is 0.318. The fourth-order valence-corrected chi connectivity index (χ4v) is 3.92. The van der Waals surface area contributed by atoms with Crippen molar-refractivity contribution in [1.29, 1.82) is 0 Å². The molecule has 2 aromatic rings. The van der Waals surface area contributed by atoms with Gasteiger partial charge in [0.2, 0.25) is 12.7 Å². The molecule has 0 saturated carbocycles. The van der Waals surface area contributed by atoms with E-state index >= 15 is 0 Å². The predicted molar refractivity (Wildman–Crippen MR) is 103 cm³/mol. The highest BCUT2D eigenvalue weighted by Gasteiger charge is 2.29. The second kappa shape index (κ2) is 7.11. The summed E-state index contributed by atoms with van der Waals surface area (Å²) in [5.74, 6) is 2.99. The van der Waals surface area contributed by atoms with Gasteiger partial charge in [0.25, 0.3) is 0 Å². The molecule has 1 saturated heterocycles. The van der Waals surface area contributed by atoms with Crippen molar-refractivity contribution in [1.82, 2.24) is 4.90 Å². The van der Waals surface area contributed by atoms with Crippen LogP contribution in [0.2, 0.25) is 0 Å². The quantitative estimate of drug-likeness (QED) is 0.763. The van der Waals surface area contributed by atoms with Gasteiger partial charge in [-0.3, -0.25) is 4.79 Å². The number of hydrogen-bond acceptors (Lipinski definition) is 5. The minimum atomic E-state index is 0.00931. The molecule has 0 spiro atoms. The highest BCUT2D eigenvalue weighted by atomic mass is 16.7. The molecule has 1 atom stereocenters. The summed E-state index contributed by atoms with van der Waals surface area (Å²) in [6.45, 7) is 2.13. The number of benzene rings is 2. The number of fused-ring (bicyclic) bond motifs is 2. The maximum Gasteiger partial charge on any atom is 0.247 e. The van der Waals surface area contributed by atoms with Crippen LogP contribution in [0.5, 0.6) is 23.0 Å². The number of likely N-dealkylation sites (tertiary alicyclic amines) is 1. The van der Waals surface area contributed by atoms with Gasteiger partial charge in [0.05, 0.1) is 6.04 Å². The summed E-state index contributed by atoms with van der Waals surface area (Å²) >= 11 is 0. The topological polar surface area (TPSA) is 57.2 Å². The number of nitrogens with zero attached hydrogens (tertiary/aromatic N) is 1. The smallest absolute Gasteiger partial charge is 0.247 e. The van der Waals surface area contributed by atoms with E-state index in [0.29, 0.717) is 19.0 Å². The molecular formula is C22H21NO5. The normalized spacial score (nSPS) is 20.0. The van der Waals surface area contributed by atoms with Crippen molar-refractivity contribution < 1.29 is 23.7 Å². The minimum Gasteiger partial charge on any atom is -0.486 e. The monoisotopic (exact) mass is 379 g/mol. The van der Waals surface area contributed by atoms with Crippen LogP contribution in [0.25, 0.3) is 6.08 Å². The first-order chi connectivity index (χ1) is 13.8. The zero-order chi connectivity index (χ0) is 18.9. The number of ether oxygens (including phenoxy) is 4. The molecule has 3 aliphatic heterocycles. The van der Waals surface area contributed by atoms with Gasteiger partial charge in [-0.05, 0) is 54.3 Å². The molecule has 3 aliphatic rings. The Balaban J connectivity index is 1.33. The van der Waals surface area contributed by atoms with Gasteiger partial charge < -0.3 is 23.8 Å². The van der Waals surface area contributed by atoms with Gasteiger partial charge in [-0.2, -0.15) is 0 Å². The van der Waals surface area contributed by atoms with Gasteiger partial charge in [-0.15, -0.1) is 0 Å². The first-order valence-electron chi connectivity index (χ1n) is 9.56. The molecule has 6 heteroatoms. The molecule has 1 fully saturated rings. The Morgan fingerprint density at radius 1 is 0.929 bits per heavy atom. The first kappa shape index (κ1) is 17.0. The summed E-state index contributed by atoms with van der Waals surface area (Å²) in [7, 11) is 0. The minimum absolute atomic E-state index is 0.00931. The third-order valence-electron chi connectivity index (χ3n) is 5.30. The molecule has 1 amide bonds. The average Bonchev–Trinajstić information content (AvgIpc) is 3.40. The van der Waals surface area contributed by atoms with Crippen LogP contribution < -0.4 is 18.9 Å². The van der Waals surface area contributed by atoms with Crippen molar-refractivity contribution in [3.8, 4) is 23.0 Å². The molecule has 0 bridgehead atoms. The third-order valence-corrected chi connectivity index (χ3v) is 5.30. The number of hydrogen-bond donors (Lipinski definition) is 0. The van der Waals surface area contributed by atoms with Crippen LogP contribution in [-0.2, 0) is 4.79 Å². The predicted octanol–water partition coefficient (Wildman–Crippen LogP) is 3.56. The van der Waals surface area contributed by atoms with E-state index in [-0.39, 0.29) is 18.7 Å². The second-order valence-electron chi connectivity index (χ2n) is 7.04. The van der Waals surface area contributed by atoms with E-state index in [2.05, 4.69) is 0 Å². The Bertz CT molecular complexity index is 939. The molecule has 3 heterocycles. The van der Waals surface area contributed by atoms with E-state index in [4.69, 9.17) is 18.9 Å². The Kier molecular flexibility index (Phi) is 4.31. The van der Waals surface area contributed by atoms with Crippen molar-refractivity contribution in [2.24, 2.45) is 0 Å². The molecule has 0 radical (unpaired) electrons. The highest BCUT2D eigenvalue weighted by molar-refractivity contribution is 5.92. The molecule has 6 nitrogen and oxygen atoms in total. The molecule has 28 heavy (non-hydrogen) atoms. The van der Waals surface area contributed by atoms with E-state index in [1.165, 1.54) is 0 Å². The van der Waals surface area contributed by atoms with Crippen LogP contribution in [-0.4, -0.2) is 37.4 Å². The first-order valence-corrected chi connectivity index (χ1v) is 9.56. The molecule has 0 aliphatic carbocycles. The maximum atomic E-state index is 12.9. The summed E-state index contributed by atoms with van der Waals surface area (Å²) < 4.78 is 22.0. The van der Waals surface area contributed by atoms with Crippen molar-refractivity contribution >= 4 is 12.0 Å². The van der Waals surface area contributed by atoms with Gasteiger partial charge in [0, 0.05) is 12.6 Å². The summed E-state index contributed by atoms with van der Waals surface area (Å²) in [6.07, 6.45) is 5.39. The van der Waals surface area contributed by atoms with Gasteiger partial charge >= 0.3 is 0 Å². The lowest BCUT2D eigenvalue weighted by Gasteiger charge is -2.26. The van der Waals surface area contributed by atoms with E-state index in [9.17, 15) is 4.79 Å². The van der Waals surface area contributed by atoms with Crippen molar-refractivity contribution in [2.75, 3.05) is 26.6 Å². The maximum absolute atomic E-state index is 12.9. The van der Waals surface area contributed by atoms with Crippen molar-refractivity contribution in [3.05, 3.63) is 53.6 Å². The van der Waals surface area contributed by atoms with E-state index < -0.39 is 0 Å². The van der Waals surface area contributed by atoms with Crippen molar-refractivity contribution in [2.45, 2.75) is 18.9 Å². The van der Waals surface area contributed by atoms with Gasteiger partial charge in [0.1, 0.15) is 13.2 Å². The third kappa shape index (κ3) is 3.15. The largest absolute Gasteiger partial charge is 0.486 e. The molecular weight excluding hydrogens is 358 g/mol. The van der Waals surface area contributed by atoms with Gasteiger partial charge in [-0.1, -0.05) is 12.1 Å². The van der Waals surface area contributed by atoms with Crippen LogP contribution in [0, 0.1) is 0 Å². The van der Waals surface area contributed by atoms with E-state index in [0.717, 1.165) is 47.8 Å². The lowest BCUT2D eigenvalue weighted by Crippen LogP contribution is -2.29. The number of carbonyl (C=O) groups is 1. The van der Waals surface area contributed by atoms with Crippen LogP contribution in [0.15, 0.2) is 42.5 Å². The molecule has 5 rings (SSSR count). The zero-order valence-corrected chi connectivity index (χ0v) is 15.4. The van der Waals surface area contributed by atoms with Crippen LogP contribution >= 0.6 is 0 Å². The van der Waals surface area contributed by atoms with Crippen LogP contribution in [0.4, 0.5) is 0 Å². The number of amides is 1. The molecule has 0 aromatic heterocycles. The molecule has 144 valence electrons. The SMILES string of the molecule is O=C(/C=C/c1ccc2c(c1)OCO2)N1CCC[C@H]1c1ccc2c(c1)OCCO2. The van der Waals surface area contributed by atoms with Crippen LogP contribution in [0.3, 0.4) is 0 Å². The summed E-state index contributed by atoms with van der Waals surface area (Å²) in [5, 5.41) is 0. The Morgan fingerprint density at radius 2 is 1.68 bits per heavy atom. The Labute approximate surface area is 163 Å². The Morgan fingerprint density at radius 3 is 2.61 bits per heavy atom. The van der Waals surface area contributed by atoms with Gasteiger partial charge in [-0.25, -0.2) is 0 Å². The molecule has 2 aromatic carbocycles. The number of carbonyl (C=O) groups excluding carboxylic acids is 1. The molecule has 0 unspecified atom stereocenters. The Hall–Kier alpha value is -3.15. The van der Waals surface area contributed by atoms with E-state index in [1.807, 2.05) is 47.4 Å². The average molecular weight is 379 g/mol. The summed E-state index contributed by atoms with van der Waals surface area (Å²) in [4.78, 5) is 14.8. The number of rotatable bonds is 3. The zero-order valence-electron chi connectivity index (χ0n) is 15.4.